The second kappa shape index (κ2) is 9.92. The van der Waals surface area contributed by atoms with Gasteiger partial charge in [0.25, 0.3) is 5.91 Å². The van der Waals surface area contributed by atoms with Gasteiger partial charge < -0.3 is 19.3 Å². The van der Waals surface area contributed by atoms with Gasteiger partial charge in [0.2, 0.25) is 0 Å². The molecule has 188 valence electrons. The lowest BCUT2D eigenvalue weighted by Crippen LogP contribution is -2.49. The van der Waals surface area contributed by atoms with Gasteiger partial charge in [0, 0.05) is 51.0 Å². The van der Waals surface area contributed by atoms with Crippen LogP contribution < -0.4 is 4.74 Å². The van der Waals surface area contributed by atoms with Crippen LogP contribution in [-0.4, -0.2) is 60.2 Å². The normalized spacial score (nSPS) is 16.5. The molecule has 1 saturated heterocycles. The van der Waals surface area contributed by atoms with Crippen molar-refractivity contribution >= 4 is 12.0 Å². The zero-order valence-corrected chi connectivity index (χ0v) is 21.7. The first-order valence-electron chi connectivity index (χ1n) is 12.8. The van der Waals surface area contributed by atoms with Gasteiger partial charge in [-0.2, -0.15) is 0 Å². The molecular formula is C29H38N2O4. The Morgan fingerprint density at radius 1 is 1.00 bits per heavy atom. The van der Waals surface area contributed by atoms with E-state index in [1.54, 1.807) is 4.90 Å². The molecule has 2 aromatic carbocycles. The monoisotopic (exact) mass is 478 g/mol. The SMILES string of the molecule is CCN(CC)C(=O)c1ccc(-c2ccc3c(c2)CC2(CCN(C(=O)OCC(C)(C)C)CC2)O3)cc1. The van der Waals surface area contributed by atoms with Crippen LogP contribution in [0.15, 0.2) is 42.5 Å². The average Bonchev–Trinajstić information content (AvgIpc) is 3.20. The summed E-state index contributed by atoms with van der Waals surface area (Å²) in [6.45, 7) is 13.3. The molecule has 4 rings (SSSR count). The minimum absolute atomic E-state index is 0.0399. The Bertz CT molecular complexity index is 1060. The van der Waals surface area contributed by atoms with E-state index in [4.69, 9.17) is 9.47 Å². The minimum atomic E-state index is -0.248. The first-order chi connectivity index (χ1) is 16.6. The summed E-state index contributed by atoms with van der Waals surface area (Å²) in [4.78, 5) is 28.7. The van der Waals surface area contributed by atoms with Crippen LogP contribution in [0.1, 0.15) is 63.4 Å². The third kappa shape index (κ3) is 5.63. The summed E-state index contributed by atoms with van der Waals surface area (Å²) in [7, 11) is 0. The summed E-state index contributed by atoms with van der Waals surface area (Å²) in [6.07, 6.45) is 2.21. The Balaban J connectivity index is 1.39. The fourth-order valence-corrected chi connectivity index (χ4v) is 4.86. The molecule has 6 heteroatoms. The Morgan fingerprint density at radius 3 is 2.23 bits per heavy atom. The number of rotatable bonds is 5. The summed E-state index contributed by atoms with van der Waals surface area (Å²) in [6, 6.07) is 14.2. The van der Waals surface area contributed by atoms with Gasteiger partial charge in [-0.15, -0.1) is 0 Å². The molecule has 0 aliphatic carbocycles. The molecule has 6 nitrogen and oxygen atoms in total. The molecule has 2 amide bonds. The van der Waals surface area contributed by atoms with Gasteiger partial charge in [0.1, 0.15) is 11.4 Å². The van der Waals surface area contributed by atoms with Crippen molar-refractivity contribution in [3.05, 3.63) is 53.6 Å². The number of benzene rings is 2. The standard InChI is InChI=1S/C29H38N2O4/c1-6-30(7-2)26(32)22-10-8-21(9-11-22)23-12-13-25-24(18-23)19-29(35-25)14-16-31(17-15-29)27(33)34-20-28(3,4)5/h8-13,18H,6-7,14-17,19-20H2,1-5H3. The summed E-state index contributed by atoms with van der Waals surface area (Å²) < 4.78 is 11.9. The Kier molecular flexibility index (Phi) is 7.11. The molecule has 2 heterocycles. The van der Waals surface area contributed by atoms with Crippen LogP contribution in [0.25, 0.3) is 11.1 Å². The van der Waals surface area contributed by atoms with Gasteiger partial charge in [0.15, 0.2) is 0 Å². The molecule has 0 aromatic heterocycles. The second-order valence-corrected chi connectivity index (χ2v) is 10.9. The third-order valence-corrected chi connectivity index (χ3v) is 6.98. The van der Waals surface area contributed by atoms with Crippen molar-refractivity contribution in [3.63, 3.8) is 0 Å². The lowest BCUT2D eigenvalue weighted by atomic mass is 9.86. The van der Waals surface area contributed by atoms with Gasteiger partial charge in [0.05, 0.1) is 6.61 Å². The number of carbonyl (C=O) groups excluding carboxylic acids is 2. The predicted octanol–water partition coefficient (Wildman–Crippen LogP) is 5.79. The van der Waals surface area contributed by atoms with Gasteiger partial charge >= 0.3 is 6.09 Å². The van der Waals surface area contributed by atoms with Gasteiger partial charge in [-0.05, 0) is 60.2 Å². The first-order valence-corrected chi connectivity index (χ1v) is 12.8. The third-order valence-electron chi connectivity index (χ3n) is 6.98. The number of likely N-dealkylation sites (tertiary alicyclic amines) is 1. The van der Waals surface area contributed by atoms with E-state index in [0.717, 1.165) is 36.1 Å². The number of hydrogen-bond acceptors (Lipinski definition) is 4. The van der Waals surface area contributed by atoms with E-state index in [1.807, 2.05) is 43.0 Å². The smallest absolute Gasteiger partial charge is 0.409 e. The molecule has 0 unspecified atom stereocenters. The molecule has 0 saturated carbocycles. The highest BCUT2D eigenvalue weighted by Gasteiger charge is 2.43. The molecular weight excluding hydrogens is 440 g/mol. The highest BCUT2D eigenvalue weighted by atomic mass is 16.6. The number of nitrogens with zero attached hydrogens (tertiary/aromatic N) is 2. The maximum atomic E-state index is 12.6. The van der Waals surface area contributed by atoms with Crippen molar-refractivity contribution in [2.24, 2.45) is 5.41 Å². The number of ether oxygens (including phenoxy) is 2. The average molecular weight is 479 g/mol. The van der Waals surface area contributed by atoms with E-state index >= 15 is 0 Å². The van der Waals surface area contributed by atoms with Crippen molar-refractivity contribution in [1.29, 1.82) is 0 Å². The van der Waals surface area contributed by atoms with Gasteiger partial charge in [-0.3, -0.25) is 4.79 Å². The van der Waals surface area contributed by atoms with Crippen LogP contribution in [0.2, 0.25) is 0 Å². The molecule has 2 aliphatic heterocycles. The second-order valence-electron chi connectivity index (χ2n) is 10.9. The van der Waals surface area contributed by atoms with Crippen molar-refractivity contribution in [1.82, 2.24) is 9.80 Å². The van der Waals surface area contributed by atoms with Crippen molar-refractivity contribution in [2.45, 2.75) is 59.5 Å². The first kappa shape index (κ1) is 25.1. The molecule has 0 atom stereocenters. The van der Waals surface area contributed by atoms with Crippen LogP contribution in [0.5, 0.6) is 5.75 Å². The van der Waals surface area contributed by atoms with Crippen molar-refractivity contribution in [3.8, 4) is 16.9 Å². The predicted molar refractivity (Wildman–Crippen MR) is 138 cm³/mol. The summed E-state index contributed by atoms with van der Waals surface area (Å²) in [5.41, 5.74) is 3.84. The number of carbonyl (C=O) groups is 2. The van der Waals surface area contributed by atoms with Crippen LogP contribution in [-0.2, 0) is 11.2 Å². The number of amides is 2. The molecule has 1 fully saturated rings. The van der Waals surface area contributed by atoms with Gasteiger partial charge in [-0.25, -0.2) is 4.79 Å². The molecule has 2 aliphatic rings. The number of piperidine rings is 1. The van der Waals surface area contributed by atoms with E-state index in [-0.39, 0.29) is 23.0 Å². The molecule has 0 radical (unpaired) electrons. The van der Waals surface area contributed by atoms with Gasteiger partial charge in [-0.1, -0.05) is 39.0 Å². The largest absolute Gasteiger partial charge is 0.487 e. The molecule has 35 heavy (non-hydrogen) atoms. The maximum Gasteiger partial charge on any atom is 0.409 e. The van der Waals surface area contributed by atoms with Crippen LogP contribution in [0.4, 0.5) is 4.79 Å². The zero-order chi connectivity index (χ0) is 25.2. The molecule has 0 N–H and O–H groups in total. The van der Waals surface area contributed by atoms with E-state index in [2.05, 4.69) is 39.0 Å². The van der Waals surface area contributed by atoms with E-state index in [1.165, 1.54) is 5.56 Å². The summed E-state index contributed by atoms with van der Waals surface area (Å²) >= 11 is 0. The lowest BCUT2D eigenvalue weighted by molar-refractivity contribution is 0.00955. The summed E-state index contributed by atoms with van der Waals surface area (Å²) in [5.74, 6) is 1.00. The molecule has 0 bridgehead atoms. The minimum Gasteiger partial charge on any atom is -0.487 e. The van der Waals surface area contributed by atoms with Crippen molar-refractivity contribution < 1.29 is 19.1 Å². The lowest BCUT2D eigenvalue weighted by Gasteiger charge is -2.38. The van der Waals surface area contributed by atoms with E-state index < -0.39 is 0 Å². The number of hydrogen-bond donors (Lipinski definition) is 0. The van der Waals surface area contributed by atoms with Crippen LogP contribution in [0.3, 0.4) is 0 Å². The van der Waals surface area contributed by atoms with Crippen LogP contribution in [0, 0.1) is 5.41 Å². The Hall–Kier alpha value is -3.02. The van der Waals surface area contributed by atoms with E-state index in [9.17, 15) is 9.59 Å². The fraction of sp³-hybridized carbons (Fsp3) is 0.517. The molecule has 1 spiro atoms. The van der Waals surface area contributed by atoms with E-state index in [0.29, 0.717) is 38.3 Å². The van der Waals surface area contributed by atoms with Crippen LogP contribution >= 0.6 is 0 Å². The zero-order valence-electron chi connectivity index (χ0n) is 21.7. The van der Waals surface area contributed by atoms with Crippen molar-refractivity contribution in [2.75, 3.05) is 32.8 Å². The highest BCUT2D eigenvalue weighted by molar-refractivity contribution is 5.94. The summed E-state index contributed by atoms with van der Waals surface area (Å²) in [5, 5.41) is 0. The topological polar surface area (TPSA) is 59.1 Å². The fourth-order valence-electron chi connectivity index (χ4n) is 4.86. The Labute approximate surface area is 209 Å². The number of fused-ring (bicyclic) bond motifs is 1. The molecule has 2 aromatic rings. The maximum absolute atomic E-state index is 12.6. The highest BCUT2D eigenvalue weighted by Crippen LogP contribution is 2.42. The quantitative estimate of drug-likeness (QED) is 0.546. The Morgan fingerprint density at radius 2 is 1.63 bits per heavy atom.